The Balaban J connectivity index is 1.50. The molecule has 28 heavy (non-hydrogen) atoms. The second-order valence-corrected chi connectivity index (χ2v) is 9.17. The minimum absolute atomic E-state index is 0.154. The summed E-state index contributed by atoms with van der Waals surface area (Å²) in [6.45, 7) is 6.52. The number of hydrogen-bond acceptors (Lipinski definition) is 7. The SMILES string of the molecule is Cc1cc(OCc2nc(CC(=O)Nc3nnc(CC(C)C)s3)cs2)ccc1Cl. The number of aromatic nitrogens is 3. The molecule has 2 heterocycles. The van der Waals surface area contributed by atoms with Gasteiger partial charge in [0.2, 0.25) is 11.0 Å². The molecule has 1 aromatic carbocycles. The number of nitrogens with zero attached hydrogens (tertiary/aromatic N) is 3. The third kappa shape index (κ3) is 5.98. The number of carbonyl (C=O) groups excluding carboxylic acids is 1. The van der Waals surface area contributed by atoms with E-state index in [4.69, 9.17) is 16.3 Å². The van der Waals surface area contributed by atoms with Gasteiger partial charge in [0.05, 0.1) is 12.1 Å². The molecule has 3 aromatic rings. The first-order chi connectivity index (χ1) is 13.4. The second kappa shape index (κ2) is 9.45. The van der Waals surface area contributed by atoms with Gasteiger partial charge in [-0.1, -0.05) is 36.8 Å². The maximum atomic E-state index is 12.2. The van der Waals surface area contributed by atoms with E-state index < -0.39 is 0 Å². The van der Waals surface area contributed by atoms with Crippen molar-refractivity contribution in [3.8, 4) is 5.75 Å². The van der Waals surface area contributed by atoms with Gasteiger partial charge >= 0.3 is 0 Å². The first-order valence-corrected chi connectivity index (χ1v) is 10.9. The average molecular weight is 437 g/mol. The molecule has 0 aliphatic rings. The Bertz CT molecular complexity index is 955. The third-order valence-corrected chi connectivity index (χ3v) is 5.88. The molecule has 1 N–H and O–H groups in total. The summed E-state index contributed by atoms with van der Waals surface area (Å²) >= 11 is 8.90. The summed E-state index contributed by atoms with van der Waals surface area (Å²) in [5.41, 5.74) is 1.67. The lowest BCUT2D eigenvalue weighted by atomic mass is 10.1. The molecule has 0 radical (unpaired) electrons. The monoisotopic (exact) mass is 436 g/mol. The smallest absolute Gasteiger partial charge is 0.232 e. The van der Waals surface area contributed by atoms with Crippen LogP contribution in [0.5, 0.6) is 5.75 Å². The van der Waals surface area contributed by atoms with Crippen LogP contribution in [0.15, 0.2) is 23.6 Å². The number of amides is 1. The minimum Gasteiger partial charge on any atom is -0.486 e. The molecule has 0 aliphatic heterocycles. The van der Waals surface area contributed by atoms with E-state index in [0.717, 1.165) is 27.7 Å². The number of rotatable bonds is 8. The van der Waals surface area contributed by atoms with E-state index >= 15 is 0 Å². The number of ether oxygens (including phenoxy) is 1. The van der Waals surface area contributed by atoms with E-state index in [-0.39, 0.29) is 12.3 Å². The van der Waals surface area contributed by atoms with Gasteiger partial charge in [-0.05, 0) is 36.6 Å². The van der Waals surface area contributed by atoms with Crippen LogP contribution in [0.4, 0.5) is 5.13 Å². The summed E-state index contributed by atoms with van der Waals surface area (Å²) in [7, 11) is 0. The van der Waals surface area contributed by atoms with Crippen LogP contribution in [0.3, 0.4) is 0 Å². The van der Waals surface area contributed by atoms with E-state index in [1.807, 2.05) is 30.5 Å². The van der Waals surface area contributed by atoms with Gasteiger partial charge in [0.1, 0.15) is 22.4 Å². The predicted molar refractivity (Wildman–Crippen MR) is 113 cm³/mol. The van der Waals surface area contributed by atoms with Crippen molar-refractivity contribution in [1.82, 2.24) is 15.2 Å². The molecule has 6 nitrogen and oxygen atoms in total. The number of aryl methyl sites for hydroxylation is 1. The lowest BCUT2D eigenvalue weighted by molar-refractivity contribution is -0.115. The number of anilines is 1. The van der Waals surface area contributed by atoms with E-state index in [9.17, 15) is 4.79 Å². The van der Waals surface area contributed by atoms with Crippen LogP contribution in [0.2, 0.25) is 5.02 Å². The van der Waals surface area contributed by atoms with E-state index in [1.165, 1.54) is 22.7 Å². The van der Waals surface area contributed by atoms with Crippen LogP contribution >= 0.6 is 34.3 Å². The Hall–Kier alpha value is -2.03. The molecule has 0 bridgehead atoms. The van der Waals surface area contributed by atoms with Crippen molar-refractivity contribution in [2.75, 3.05) is 5.32 Å². The number of nitrogens with one attached hydrogen (secondary N) is 1. The highest BCUT2D eigenvalue weighted by atomic mass is 35.5. The van der Waals surface area contributed by atoms with E-state index in [0.29, 0.717) is 28.4 Å². The first kappa shape index (κ1) is 20.7. The maximum Gasteiger partial charge on any atom is 0.232 e. The van der Waals surface area contributed by atoms with E-state index in [2.05, 4.69) is 34.3 Å². The fraction of sp³-hybridized carbons (Fsp3) is 0.368. The topological polar surface area (TPSA) is 77.0 Å². The second-order valence-electron chi connectivity index (χ2n) is 6.76. The minimum atomic E-state index is -0.154. The van der Waals surface area contributed by atoms with Gasteiger partial charge in [0.15, 0.2) is 0 Å². The molecule has 0 aliphatic carbocycles. The third-order valence-electron chi connectivity index (χ3n) is 3.73. The highest BCUT2D eigenvalue weighted by molar-refractivity contribution is 7.15. The Kier molecular flexibility index (Phi) is 6.98. The number of thiazole rings is 1. The molecule has 0 atom stereocenters. The fourth-order valence-electron chi connectivity index (χ4n) is 2.41. The number of hydrogen-bond donors (Lipinski definition) is 1. The molecular weight excluding hydrogens is 416 g/mol. The maximum absolute atomic E-state index is 12.2. The Morgan fingerprint density at radius 3 is 2.86 bits per heavy atom. The summed E-state index contributed by atoms with van der Waals surface area (Å²) in [6, 6.07) is 5.52. The van der Waals surface area contributed by atoms with Crippen LogP contribution in [-0.4, -0.2) is 21.1 Å². The standard InChI is InChI=1S/C19H21ClN4O2S2/c1-11(2)6-17-23-24-19(28-17)22-16(25)8-13-10-27-18(21-13)9-26-14-4-5-15(20)12(3)7-14/h4-5,7,10-11H,6,8-9H2,1-3H3,(H,22,24,25). The number of halogens is 1. The van der Waals surface area contributed by atoms with Gasteiger partial charge in [0, 0.05) is 16.8 Å². The van der Waals surface area contributed by atoms with Crippen molar-refractivity contribution in [2.45, 2.75) is 40.2 Å². The first-order valence-electron chi connectivity index (χ1n) is 8.83. The van der Waals surface area contributed by atoms with Gasteiger partial charge in [-0.2, -0.15) is 0 Å². The van der Waals surface area contributed by atoms with Gasteiger partial charge in [-0.3, -0.25) is 4.79 Å². The fourth-order valence-corrected chi connectivity index (χ4v) is 4.20. The molecule has 1 amide bonds. The van der Waals surface area contributed by atoms with Gasteiger partial charge in [-0.15, -0.1) is 21.5 Å². The number of benzene rings is 1. The van der Waals surface area contributed by atoms with Gasteiger partial charge in [-0.25, -0.2) is 4.98 Å². The van der Waals surface area contributed by atoms with Crippen molar-refractivity contribution >= 4 is 45.3 Å². The van der Waals surface area contributed by atoms with Crippen molar-refractivity contribution in [1.29, 1.82) is 0 Å². The molecule has 0 spiro atoms. The zero-order valence-corrected chi connectivity index (χ0v) is 18.2. The normalized spacial score (nSPS) is 11.0. The lowest BCUT2D eigenvalue weighted by Crippen LogP contribution is -2.14. The van der Waals surface area contributed by atoms with Crippen molar-refractivity contribution in [3.63, 3.8) is 0 Å². The zero-order valence-electron chi connectivity index (χ0n) is 15.9. The van der Waals surface area contributed by atoms with Crippen molar-refractivity contribution in [3.05, 3.63) is 49.9 Å². The molecule has 3 rings (SSSR count). The summed E-state index contributed by atoms with van der Waals surface area (Å²) in [5.74, 6) is 1.09. The summed E-state index contributed by atoms with van der Waals surface area (Å²) in [6.07, 6.45) is 1.05. The van der Waals surface area contributed by atoms with Crippen LogP contribution in [-0.2, 0) is 24.2 Å². The highest BCUT2D eigenvalue weighted by Gasteiger charge is 2.12. The predicted octanol–water partition coefficient (Wildman–Crippen LogP) is 4.92. The van der Waals surface area contributed by atoms with Gasteiger partial charge < -0.3 is 10.1 Å². The summed E-state index contributed by atoms with van der Waals surface area (Å²) in [5, 5.41) is 15.8. The summed E-state index contributed by atoms with van der Waals surface area (Å²) in [4.78, 5) is 16.7. The van der Waals surface area contributed by atoms with Crippen LogP contribution in [0.25, 0.3) is 0 Å². The molecule has 0 saturated carbocycles. The number of carbonyl (C=O) groups is 1. The Morgan fingerprint density at radius 1 is 1.29 bits per heavy atom. The zero-order chi connectivity index (χ0) is 20.1. The van der Waals surface area contributed by atoms with Crippen molar-refractivity contribution in [2.24, 2.45) is 5.92 Å². The molecule has 2 aromatic heterocycles. The average Bonchev–Trinajstić information content (AvgIpc) is 3.25. The molecule has 148 valence electrons. The molecular formula is C19H21ClN4O2S2. The van der Waals surface area contributed by atoms with Crippen LogP contribution in [0, 0.1) is 12.8 Å². The molecule has 0 saturated heterocycles. The highest BCUT2D eigenvalue weighted by Crippen LogP contribution is 2.23. The van der Waals surface area contributed by atoms with E-state index in [1.54, 1.807) is 0 Å². The molecule has 0 fully saturated rings. The van der Waals surface area contributed by atoms with Crippen LogP contribution < -0.4 is 10.1 Å². The molecule has 9 heteroatoms. The Morgan fingerprint density at radius 2 is 2.11 bits per heavy atom. The summed E-state index contributed by atoms with van der Waals surface area (Å²) < 4.78 is 5.75. The lowest BCUT2D eigenvalue weighted by Gasteiger charge is -2.05. The van der Waals surface area contributed by atoms with Crippen molar-refractivity contribution < 1.29 is 9.53 Å². The van der Waals surface area contributed by atoms with Crippen LogP contribution in [0.1, 0.15) is 35.1 Å². The largest absolute Gasteiger partial charge is 0.486 e. The quantitative estimate of drug-likeness (QED) is 0.542. The Labute approximate surface area is 177 Å². The van der Waals surface area contributed by atoms with Gasteiger partial charge in [0.25, 0.3) is 0 Å². The molecule has 0 unspecified atom stereocenters.